The fourth-order valence-corrected chi connectivity index (χ4v) is 1.65. The van der Waals surface area contributed by atoms with E-state index in [1.165, 1.54) is 6.92 Å². The van der Waals surface area contributed by atoms with Crippen molar-refractivity contribution in [3.8, 4) is 11.1 Å². The predicted molar refractivity (Wildman–Crippen MR) is 98.5 cm³/mol. The summed E-state index contributed by atoms with van der Waals surface area (Å²) in [5, 5.41) is 13.1. The summed E-state index contributed by atoms with van der Waals surface area (Å²) in [6, 6.07) is 23.0. The Hall–Kier alpha value is -2.60. The number of carbonyl (C=O) groups excluding carboxylic acids is 2. The van der Waals surface area contributed by atoms with Crippen LogP contribution in [0.1, 0.15) is 11.4 Å². The zero-order valence-electron chi connectivity index (χ0n) is 15.5. The first-order valence-corrected chi connectivity index (χ1v) is 7.36. The maximum Gasteiger partial charge on any atom is 0.431 e. The van der Waals surface area contributed by atoms with Crippen molar-refractivity contribution in [1.29, 1.82) is 0 Å². The third-order valence-corrected chi connectivity index (χ3v) is 2.66. The summed E-state index contributed by atoms with van der Waals surface area (Å²) in [6.07, 6.45) is -4.36. The molecule has 1 aromatic heterocycles. The summed E-state index contributed by atoms with van der Waals surface area (Å²) in [4.78, 5) is 15.5. The van der Waals surface area contributed by atoms with Gasteiger partial charge in [-0.1, -0.05) is 13.0 Å². The van der Waals surface area contributed by atoms with Gasteiger partial charge in [0.15, 0.2) is 0 Å². The number of hydrogen-bond donors (Lipinski definition) is 1. The van der Waals surface area contributed by atoms with Crippen molar-refractivity contribution >= 4 is 13.6 Å². The molecule has 1 heterocycles. The summed E-state index contributed by atoms with van der Waals surface area (Å²) in [6.45, 7) is 7.96. The van der Waals surface area contributed by atoms with Crippen molar-refractivity contribution < 1.29 is 48.3 Å². The van der Waals surface area contributed by atoms with E-state index in [2.05, 4.69) is 35.9 Å². The summed E-state index contributed by atoms with van der Waals surface area (Å²) in [7, 11) is 1.00. The molecule has 159 valence electrons. The van der Waals surface area contributed by atoms with Crippen molar-refractivity contribution in [2.75, 3.05) is 7.11 Å². The minimum absolute atomic E-state index is 0. The molecule has 0 amide bonds. The minimum atomic E-state index is -4.36. The Morgan fingerprint density at radius 1 is 0.931 bits per heavy atom. The van der Waals surface area contributed by atoms with Gasteiger partial charge in [0, 0.05) is 27.5 Å². The second-order valence-corrected chi connectivity index (χ2v) is 4.42. The molecule has 5 nitrogen and oxygen atoms in total. The predicted octanol–water partition coefficient (Wildman–Crippen LogP) is 3.38. The van der Waals surface area contributed by atoms with Crippen LogP contribution in [0.15, 0.2) is 54.6 Å². The summed E-state index contributed by atoms with van der Waals surface area (Å²) in [5.41, 5.74) is 1.55. The van der Waals surface area contributed by atoms with E-state index >= 15 is 0 Å². The Morgan fingerprint density at radius 3 is 1.55 bits per heavy atom. The number of aryl methyl sites for hydroxylation is 1. The molecule has 0 saturated heterocycles. The van der Waals surface area contributed by atoms with Gasteiger partial charge in [0.25, 0.3) is 0 Å². The zero-order chi connectivity index (χ0) is 22.0. The molecule has 1 N–H and O–H groups in total. The van der Waals surface area contributed by atoms with Gasteiger partial charge in [-0.3, -0.25) is 13.6 Å². The Bertz CT molecular complexity index is 700. The Morgan fingerprint density at radius 2 is 1.34 bits per heavy atom. The molecule has 0 fully saturated rings. The number of aliphatic hydroxyl groups excluding tert-OH is 1. The maximum atomic E-state index is 11.7. The number of alkyl halides is 3. The van der Waals surface area contributed by atoms with Crippen LogP contribution >= 0.6 is 0 Å². The molecular weight excluding hydrogens is 559 g/mol. The second-order valence-electron chi connectivity index (χ2n) is 4.42. The van der Waals surface area contributed by atoms with Gasteiger partial charge in [-0.15, -0.1) is 17.8 Å². The van der Waals surface area contributed by atoms with Gasteiger partial charge in [-0.05, 0) is 0 Å². The van der Waals surface area contributed by atoms with E-state index in [0.29, 0.717) is 0 Å². The molecule has 0 unspecified atom stereocenters. The molecular formula is C20H18F3N2O3Re-5. The molecule has 0 bridgehead atoms. The van der Waals surface area contributed by atoms with E-state index in [1.807, 2.05) is 48.5 Å². The summed E-state index contributed by atoms with van der Waals surface area (Å²) in [5.74, 6) is 0. The van der Waals surface area contributed by atoms with Crippen molar-refractivity contribution in [2.45, 2.75) is 13.1 Å². The normalized spacial score (nSPS) is 8.62. The third kappa shape index (κ3) is 13.3. The average molecular weight is 578 g/mol. The van der Waals surface area contributed by atoms with Gasteiger partial charge >= 0.3 is 6.18 Å². The van der Waals surface area contributed by atoms with E-state index in [1.54, 1.807) is 0 Å². The first-order chi connectivity index (χ1) is 13.5. The zero-order valence-corrected chi connectivity index (χ0v) is 18.2. The Balaban J connectivity index is -0.000000365. The molecule has 0 aliphatic heterocycles. The van der Waals surface area contributed by atoms with Gasteiger partial charge in [0.2, 0.25) is 0 Å². The quantitative estimate of drug-likeness (QED) is 0.355. The molecule has 0 aliphatic rings. The van der Waals surface area contributed by atoms with E-state index < -0.39 is 11.9 Å². The monoisotopic (exact) mass is 578 g/mol. The van der Waals surface area contributed by atoms with Crippen molar-refractivity contribution in [3.63, 3.8) is 0 Å². The maximum absolute atomic E-state index is 11.7. The van der Waals surface area contributed by atoms with Crippen molar-refractivity contribution in [3.05, 3.63) is 78.1 Å². The van der Waals surface area contributed by atoms with Crippen LogP contribution in [0, 0.1) is 19.1 Å². The van der Waals surface area contributed by atoms with Crippen molar-refractivity contribution in [1.82, 2.24) is 10.2 Å². The molecule has 0 atom stereocenters. The minimum Gasteiger partial charge on any atom is -0.579 e. The van der Waals surface area contributed by atoms with Gasteiger partial charge in [-0.25, -0.2) is 11.1 Å². The molecule has 3 rings (SSSR count). The van der Waals surface area contributed by atoms with Crippen LogP contribution in [0.5, 0.6) is 0 Å². The fourth-order valence-electron chi connectivity index (χ4n) is 1.65. The van der Waals surface area contributed by atoms with Crippen LogP contribution in [0.2, 0.25) is 0 Å². The van der Waals surface area contributed by atoms with Crippen molar-refractivity contribution in [2.24, 2.45) is 0 Å². The van der Waals surface area contributed by atoms with Gasteiger partial charge in [-0.2, -0.15) is 61.7 Å². The molecule has 29 heavy (non-hydrogen) atoms. The van der Waals surface area contributed by atoms with E-state index in [-0.39, 0.29) is 26.1 Å². The SMILES string of the molecule is CO.Cc1cc(C(F)(F)F)n[n-]1.[CH-]=O.[CH-]=O.[Re].[c-]1ccccc1-c1[c-]cccc1. The topological polar surface area (TPSA) is 81.4 Å². The molecule has 0 spiro atoms. The largest absolute Gasteiger partial charge is 0.579 e. The number of halogens is 3. The third-order valence-electron chi connectivity index (χ3n) is 2.66. The molecule has 2 aromatic carbocycles. The van der Waals surface area contributed by atoms with Crippen LogP contribution in [-0.2, 0) is 36.2 Å². The average Bonchev–Trinajstić information content (AvgIpc) is 3.21. The van der Waals surface area contributed by atoms with Gasteiger partial charge < -0.3 is 24.9 Å². The second kappa shape index (κ2) is 18.8. The van der Waals surface area contributed by atoms with Crippen LogP contribution < -0.4 is 5.10 Å². The smallest absolute Gasteiger partial charge is 0.431 e. The molecule has 0 saturated carbocycles. The number of aliphatic hydroxyl groups is 1. The number of rotatable bonds is 1. The van der Waals surface area contributed by atoms with Crippen LogP contribution in [0.3, 0.4) is 0 Å². The molecule has 0 aliphatic carbocycles. The first-order valence-electron chi connectivity index (χ1n) is 7.36. The number of hydrogen-bond acceptors (Lipinski definition) is 4. The Kier molecular flexibility index (Phi) is 20.1. The number of aromatic nitrogens is 2. The summed E-state index contributed by atoms with van der Waals surface area (Å²) >= 11 is 0. The van der Waals surface area contributed by atoms with E-state index in [4.69, 9.17) is 14.7 Å². The standard InChI is InChI=1S/C12H8.C5H4F3N2.CH4O.2CHO.Re/c1-3-7-11(8-4-1)12-9-5-2-6-10-12;1-3-2-4(10-9-3)5(6,7)8;3*1-2;/h1-7,9H;2H,1H3;2H,1H3;2*1H;/q-2;-1;;2*-1;. The molecule has 1 radical (unpaired) electrons. The number of benzene rings is 2. The van der Waals surface area contributed by atoms with Crippen LogP contribution in [-0.4, -0.2) is 30.9 Å². The van der Waals surface area contributed by atoms with E-state index in [0.717, 1.165) is 24.3 Å². The molecule has 9 heteroatoms. The fraction of sp³-hybridized carbons (Fsp3) is 0.150. The number of nitrogens with zero attached hydrogens (tertiary/aromatic N) is 2. The summed E-state index contributed by atoms with van der Waals surface area (Å²) < 4.78 is 35.1. The van der Waals surface area contributed by atoms with E-state index in [9.17, 15) is 13.2 Å². The molecule has 3 aromatic rings. The van der Waals surface area contributed by atoms with Crippen LogP contribution in [0.4, 0.5) is 13.2 Å². The van der Waals surface area contributed by atoms with Crippen LogP contribution in [0.25, 0.3) is 11.1 Å². The van der Waals surface area contributed by atoms with Gasteiger partial charge in [0.1, 0.15) is 5.69 Å². The van der Waals surface area contributed by atoms with Gasteiger partial charge in [0.05, 0.1) is 0 Å². The Labute approximate surface area is 181 Å². The first kappa shape index (κ1) is 31.1.